The van der Waals surface area contributed by atoms with Crippen LogP contribution in [0.15, 0.2) is 12.1 Å². The predicted molar refractivity (Wildman–Crippen MR) is 69.1 cm³/mol. The first-order valence-corrected chi connectivity index (χ1v) is 5.57. The van der Waals surface area contributed by atoms with Gasteiger partial charge in [0.05, 0.1) is 19.3 Å². The Labute approximate surface area is 104 Å². The Morgan fingerprint density at radius 2 is 2.06 bits per heavy atom. The second-order valence-corrected chi connectivity index (χ2v) is 4.64. The molecule has 1 aromatic rings. The lowest BCUT2D eigenvalue weighted by Gasteiger charge is -2.28. The molecule has 2 rings (SSSR count). The van der Waals surface area contributed by atoms with Crippen molar-refractivity contribution in [3.05, 3.63) is 34.4 Å². The van der Waals surface area contributed by atoms with Crippen LogP contribution in [-0.4, -0.2) is 6.61 Å². The summed E-state index contributed by atoms with van der Waals surface area (Å²) in [6.07, 6.45) is 0. The van der Waals surface area contributed by atoms with Crippen LogP contribution in [-0.2, 0) is 11.3 Å². The Morgan fingerprint density at radius 3 is 2.69 bits per heavy atom. The second-order valence-electron chi connectivity index (χ2n) is 4.64. The molecule has 2 N–H and O–H groups in total. The molecule has 3 heteroatoms. The normalized spacial score (nSPS) is 19.2. The fourth-order valence-corrected chi connectivity index (χ4v) is 2.30. The number of benzene rings is 1. The zero-order valence-corrected chi connectivity index (χ0v) is 10.9. The third kappa shape index (κ3) is 2.24. The molecular weight excluding hydrogens is 222 g/mol. The van der Waals surface area contributed by atoms with Crippen molar-refractivity contribution in [3.63, 3.8) is 0 Å². The largest absolute Gasteiger partial charge is 0.375 e. The lowest BCUT2D eigenvalue weighted by Crippen LogP contribution is -2.26. The summed E-state index contributed by atoms with van der Waals surface area (Å²) in [5.41, 5.74) is 11.4. The molecule has 90 valence electrons. The molecule has 2 nitrogen and oxygen atoms in total. The van der Waals surface area contributed by atoms with Crippen molar-refractivity contribution in [2.24, 2.45) is 5.73 Å². The summed E-state index contributed by atoms with van der Waals surface area (Å²) < 4.78 is 5.50. The summed E-state index contributed by atoms with van der Waals surface area (Å²) in [5.74, 6) is 0.531. The van der Waals surface area contributed by atoms with E-state index in [2.05, 4.69) is 32.9 Å². The van der Waals surface area contributed by atoms with Crippen molar-refractivity contribution in [2.75, 3.05) is 6.61 Å². The number of hydrogen-bond acceptors (Lipinski definition) is 2. The Kier molecular flexibility index (Phi) is 4.36. The van der Waals surface area contributed by atoms with E-state index in [9.17, 15) is 0 Å². The summed E-state index contributed by atoms with van der Waals surface area (Å²) in [6, 6.07) is 4.44. The van der Waals surface area contributed by atoms with E-state index >= 15 is 0 Å². The van der Waals surface area contributed by atoms with E-state index in [0.29, 0.717) is 12.5 Å². The van der Waals surface area contributed by atoms with Crippen LogP contribution in [0.4, 0.5) is 0 Å². The van der Waals surface area contributed by atoms with Crippen LogP contribution < -0.4 is 5.73 Å². The van der Waals surface area contributed by atoms with E-state index < -0.39 is 0 Å². The maximum Gasteiger partial charge on any atom is 0.0723 e. The molecule has 0 aromatic heterocycles. The van der Waals surface area contributed by atoms with Crippen molar-refractivity contribution < 1.29 is 4.74 Å². The van der Waals surface area contributed by atoms with Crippen LogP contribution in [0.3, 0.4) is 0 Å². The van der Waals surface area contributed by atoms with Crippen LogP contribution >= 0.6 is 12.4 Å². The Balaban J connectivity index is 0.00000128. The SMILES string of the molecule is Cc1ccc(C(C)C)c2c1COCC2N.Cl. The second kappa shape index (κ2) is 5.17. The van der Waals surface area contributed by atoms with Gasteiger partial charge in [-0.3, -0.25) is 0 Å². The van der Waals surface area contributed by atoms with Crippen molar-refractivity contribution in [2.45, 2.75) is 39.3 Å². The fourth-order valence-electron chi connectivity index (χ4n) is 2.30. The van der Waals surface area contributed by atoms with Crippen molar-refractivity contribution in [1.82, 2.24) is 0 Å². The van der Waals surface area contributed by atoms with Crippen LogP contribution in [0, 0.1) is 6.92 Å². The van der Waals surface area contributed by atoms with E-state index in [1.54, 1.807) is 0 Å². The third-order valence-corrected chi connectivity index (χ3v) is 3.16. The van der Waals surface area contributed by atoms with Gasteiger partial charge < -0.3 is 10.5 Å². The maximum atomic E-state index is 6.13. The van der Waals surface area contributed by atoms with Gasteiger partial charge in [-0.2, -0.15) is 0 Å². The number of fused-ring (bicyclic) bond motifs is 1. The van der Waals surface area contributed by atoms with Gasteiger partial charge in [-0.05, 0) is 35.1 Å². The predicted octanol–water partition coefficient (Wildman–Crippen LogP) is 3.07. The first-order chi connectivity index (χ1) is 7.11. The molecule has 0 amide bonds. The maximum absolute atomic E-state index is 6.13. The van der Waals surface area contributed by atoms with Crippen LogP contribution in [0.25, 0.3) is 0 Å². The smallest absolute Gasteiger partial charge is 0.0723 e. The Bertz CT molecular complexity index is 376. The highest BCUT2D eigenvalue weighted by Gasteiger charge is 2.23. The molecule has 1 unspecified atom stereocenters. The Hall–Kier alpha value is -0.570. The molecule has 0 spiro atoms. The molecule has 0 saturated heterocycles. The van der Waals surface area contributed by atoms with E-state index in [1.165, 1.54) is 22.3 Å². The van der Waals surface area contributed by atoms with Gasteiger partial charge in [0.25, 0.3) is 0 Å². The van der Waals surface area contributed by atoms with Gasteiger partial charge in [0.2, 0.25) is 0 Å². The summed E-state index contributed by atoms with van der Waals surface area (Å²) in [6.45, 7) is 7.93. The highest BCUT2D eigenvalue weighted by molar-refractivity contribution is 5.85. The van der Waals surface area contributed by atoms with E-state index in [0.717, 1.165) is 6.61 Å². The first-order valence-electron chi connectivity index (χ1n) is 5.57. The van der Waals surface area contributed by atoms with Gasteiger partial charge in [-0.15, -0.1) is 12.4 Å². The highest BCUT2D eigenvalue weighted by atomic mass is 35.5. The van der Waals surface area contributed by atoms with Gasteiger partial charge >= 0.3 is 0 Å². The zero-order chi connectivity index (χ0) is 11.0. The summed E-state index contributed by atoms with van der Waals surface area (Å²) in [5, 5.41) is 0. The molecule has 1 atom stereocenters. The average Bonchev–Trinajstić information content (AvgIpc) is 2.19. The number of rotatable bonds is 1. The molecule has 1 aliphatic heterocycles. The van der Waals surface area contributed by atoms with Crippen LogP contribution in [0.5, 0.6) is 0 Å². The number of halogens is 1. The van der Waals surface area contributed by atoms with Gasteiger partial charge in [-0.1, -0.05) is 26.0 Å². The number of nitrogens with two attached hydrogens (primary N) is 1. The third-order valence-electron chi connectivity index (χ3n) is 3.16. The summed E-state index contributed by atoms with van der Waals surface area (Å²) >= 11 is 0. The topological polar surface area (TPSA) is 35.2 Å². The molecule has 0 saturated carbocycles. The molecule has 0 radical (unpaired) electrons. The fraction of sp³-hybridized carbons (Fsp3) is 0.538. The molecule has 1 heterocycles. The molecule has 0 aliphatic carbocycles. The van der Waals surface area contributed by atoms with Gasteiger partial charge in [-0.25, -0.2) is 0 Å². The van der Waals surface area contributed by atoms with Crippen molar-refractivity contribution >= 4 is 12.4 Å². The van der Waals surface area contributed by atoms with Gasteiger partial charge in [0.1, 0.15) is 0 Å². The minimum atomic E-state index is 0. The summed E-state index contributed by atoms with van der Waals surface area (Å²) in [7, 11) is 0. The van der Waals surface area contributed by atoms with E-state index in [4.69, 9.17) is 10.5 Å². The number of ether oxygens (including phenoxy) is 1. The average molecular weight is 242 g/mol. The number of aryl methyl sites for hydroxylation is 1. The highest BCUT2D eigenvalue weighted by Crippen LogP contribution is 2.32. The van der Waals surface area contributed by atoms with Crippen molar-refractivity contribution in [1.29, 1.82) is 0 Å². The van der Waals surface area contributed by atoms with Crippen LogP contribution in [0.2, 0.25) is 0 Å². The van der Waals surface area contributed by atoms with Gasteiger partial charge in [0, 0.05) is 0 Å². The first kappa shape index (κ1) is 13.5. The standard InChI is InChI=1S/C13H19NO.ClH/c1-8(2)10-5-4-9(3)11-6-15-7-12(14)13(10)11;/h4-5,8,12H,6-7,14H2,1-3H3;1H. The molecule has 0 bridgehead atoms. The number of hydrogen-bond donors (Lipinski definition) is 1. The minimum absolute atomic E-state index is 0. The molecule has 1 aliphatic rings. The lowest BCUT2D eigenvalue weighted by molar-refractivity contribution is 0.0914. The molecule has 16 heavy (non-hydrogen) atoms. The van der Waals surface area contributed by atoms with E-state index in [-0.39, 0.29) is 18.4 Å². The molecule has 0 fully saturated rings. The molecule has 1 aromatic carbocycles. The van der Waals surface area contributed by atoms with Crippen LogP contribution in [0.1, 0.15) is 48.1 Å². The zero-order valence-electron chi connectivity index (χ0n) is 10.1. The van der Waals surface area contributed by atoms with Gasteiger partial charge in [0.15, 0.2) is 0 Å². The lowest BCUT2D eigenvalue weighted by atomic mass is 9.86. The minimum Gasteiger partial charge on any atom is -0.375 e. The van der Waals surface area contributed by atoms with E-state index in [1.807, 2.05) is 0 Å². The quantitative estimate of drug-likeness (QED) is 0.820. The monoisotopic (exact) mass is 241 g/mol. The molecular formula is C13H20ClNO. The van der Waals surface area contributed by atoms with Crippen molar-refractivity contribution in [3.8, 4) is 0 Å². The Morgan fingerprint density at radius 1 is 1.38 bits per heavy atom. The summed E-state index contributed by atoms with van der Waals surface area (Å²) in [4.78, 5) is 0.